The molecule has 0 unspecified atom stereocenters. The van der Waals surface area contributed by atoms with Crippen LogP contribution in [0.4, 0.5) is 0 Å². The summed E-state index contributed by atoms with van der Waals surface area (Å²) < 4.78 is 33.3. The molecule has 0 aromatic heterocycles. The van der Waals surface area contributed by atoms with Gasteiger partial charge in [-0.25, -0.2) is 13.0 Å². The third-order valence-corrected chi connectivity index (χ3v) is 10.8. The Bertz CT molecular complexity index is 328. The summed E-state index contributed by atoms with van der Waals surface area (Å²) in [4.78, 5) is 17.9. The van der Waals surface area contributed by atoms with E-state index in [1.165, 1.54) is 19.4 Å². The minimum absolute atomic E-state index is 0.0175. The zero-order valence-electron chi connectivity index (χ0n) is 8.50. The maximum Gasteiger partial charge on any atom is 0.366 e. The van der Waals surface area contributed by atoms with Gasteiger partial charge in [-0.05, 0) is 12.5 Å². The smallest absolute Gasteiger partial charge is 0.318 e. The van der Waals surface area contributed by atoms with Crippen molar-refractivity contribution in [3.63, 3.8) is 0 Å². The molecule has 0 fully saturated rings. The molecule has 8 heteroatoms. The molecule has 0 aliphatic rings. The van der Waals surface area contributed by atoms with Crippen molar-refractivity contribution in [2.45, 2.75) is 6.92 Å². The number of hydrogen-bond donors (Lipinski definition) is 2. The zero-order chi connectivity index (χ0) is 11.6. The van der Waals surface area contributed by atoms with E-state index in [2.05, 4.69) is 0 Å². The lowest BCUT2D eigenvalue weighted by Gasteiger charge is -2.31. The monoisotopic (exact) mass is 264 g/mol. The van der Waals surface area contributed by atoms with Crippen LogP contribution in [0.1, 0.15) is 6.92 Å². The molecule has 88 valence electrons. The van der Waals surface area contributed by atoms with Gasteiger partial charge in [0, 0.05) is 11.5 Å². The summed E-state index contributed by atoms with van der Waals surface area (Å²) in [5, 5.41) is 0. The van der Waals surface area contributed by atoms with Gasteiger partial charge in [0.25, 0.3) is 0 Å². The molecule has 0 aromatic carbocycles. The molecule has 5 nitrogen and oxygen atoms in total. The van der Waals surface area contributed by atoms with E-state index < -0.39 is 26.3 Å². The molecule has 0 aliphatic carbocycles. The lowest BCUT2D eigenvalue weighted by molar-refractivity contribution is 0.395. The standard InChI is InChI=1S/C6H17O5PS2/c1-4-14(10,11)6-5-13(2,3)12(7,8)9/h4-6H2,1-3H3,(H2,7,8,9). The zero-order valence-corrected chi connectivity index (χ0v) is 11.0. The van der Waals surface area contributed by atoms with Gasteiger partial charge in [0.2, 0.25) is 0 Å². The molecule has 0 aliphatic heterocycles. The summed E-state index contributed by atoms with van der Waals surface area (Å²) >= 11 is 0. The first-order valence-electron chi connectivity index (χ1n) is 3.99. The molecular weight excluding hydrogens is 247 g/mol. The van der Waals surface area contributed by atoms with Gasteiger partial charge < -0.3 is 9.79 Å². The predicted octanol–water partition coefficient (Wildman–Crippen LogP) is 0.578. The Morgan fingerprint density at radius 1 is 1.14 bits per heavy atom. The van der Waals surface area contributed by atoms with E-state index in [0.29, 0.717) is 0 Å². The fraction of sp³-hybridized carbons (Fsp3) is 1.00. The van der Waals surface area contributed by atoms with Gasteiger partial charge >= 0.3 is 6.80 Å². The van der Waals surface area contributed by atoms with E-state index in [1.54, 1.807) is 0 Å². The third kappa shape index (κ3) is 4.31. The molecular formula is C6H17O5PS2. The second kappa shape index (κ2) is 4.53. The molecule has 14 heavy (non-hydrogen) atoms. The highest BCUT2D eigenvalue weighted by atomic mass is 32.8. The Hall–Kier alpha value is 0.450. The Balaban J connectivity index is 4.50. The van der Waals surface area contributed by atoms with Crippen molar-refractivity contribution in [1.29, 1.82) is 0 Å². The topological polar surface area (TPSA) is 91.7 Å². The first-order chi connectivity index (χ1) is 6.02. The van der Waals surface area contributed by atoms with Crippen LogP contribution in [0.25, 0.3) is 0 Å². The number of hydrogen-bond acceptors (Lipinski definition) is 3. The van der Waals surface area contributed by atoms with E-state index in [0.717, 1.165) is 0 Å². The highest BCUT2D eigenvalue weighted by Crippen LogP contribution is 2.72. The second-order valence-corrected chi connectivity index (χ2v) is 14.6. The van der Waals surface area contributed by atoms with Crippen LogP contribution in [0.15, 0.2) is 0 Å². The summed E-state index contributed by atoms with van der Waals surface area (Å²) in [6, 6.07) is 0. The minimum atomic E-state index is -4.15. The van der Waals surface area contributed by atoms with Crippen LogP contribution in [0.5, 0.6) is 0 Å². The van der Waals surface area contributed by atoms with Crippen molar-refractivity contribution >= 4 is 26.3 Å². The van der Waals surface area contributed by atoms with Gasteiger partial charge in [-0.15, -0.1) is 9.65 Å². The van der Waals surface area contributed by atoms with Crippen LogP contribution >= 0.6 is 16.4 Å². The first kappa shape index (κ1) is 14.5. The fourth-order valence-electron chi connectivity index (χ4n) is 0.594. The van der Waals surface area contributed by atoms with E-state index in [1.807, 2.05) is 0 Å². The van der Waals surface area contributed by atoms with Gasteiger partial charge in [0.15, 0.2) is 9.84 Å². The van der Waals surface area contributed by atoms with Gasteiger partial charge in [0.05, 0.1) is 5.75 Å². The Labute approximate surface area is 86.0 Å². The lowest BCUT2D eigenvalue weighted by Crippen LogP contribution is -2.16. The predicted molar refractivity (Wildman–Crippen MR) is 60.7 cm³/mol. The minimum Gasteiger partial charge on any atom is -0.318 e. The van der Waals surface area contributed by atoms with Crippen LogP contribution in [-0.4, -0.2) is 48.0 Å². The van der Waals surface area contributed by atoms with E-state index in [-0.39, 0.29) is 17.3 Å². The Morgan fingerprint density at radius 3 is 1.86 bits per heavy atom. The third-order valence-electron chi connectivity index (χ3n) is 1.98. The maximum absolute atomic E-state index is 11.1. The lowest BCUT2D eigenvalue weighted by atomic mass is 10.9. The van der Waals surface area contributed by atoms with Crippen LogP contribution in [0.2, 0.25) is 0 Å². The Kier molecular flexibility index (Phi) is 4.68. The van der Waals surface area contributed by atoms with Crippen molar-refractivity contribution in [2.24, 2.45) is 0 Å². The van der Waals surface area contributed by atoms with Crippen LogP contribution in [0.3, 0.4) is 0 Å². The summed E-state index contributed by atoms with van der Waals surface area (Å²) in [5.41, 5.74) is 0. The fourth-order valence-corrected chi connectivity index (χ4v) is 5.15. The van der Waals surface area contributed by atoms with Gasteiger partial charge in [-0.2, -0.15) is 0 Å². The molecule has 0 amide bonds. The van der Waals surface area contributed by atoms with Crippen molar-refractivity contribution in [3.8, 4) is 0 Å². The molecule has 0 saturated carbocycles. The molecule has 0 bridgehead atoms. The Morgan fingerprint density at radius 2 is 1.57 bits per heavy atom. The molecule has 0 spiro atoms. The van der Waals surface area contributed by atoms with Crippen molar-refractivity contribution < 1.29 is 22.8 Å². The summed E-state index contributed by atoms with van der Waals surface area (Å²) in [5.74, 6) is -0.0614. The molecule has 2 N–H and O–H groups in total. The largest absolute Gasteiger partial charge is 0.366 e. The summed E-state index contributed by atoms with van der Waals surface area (Å²) in [6.45, 7) is -2.62. The van der Waals surface area contributed by atoms with Crippen LogP contribution < -0.4 is 0 Å². The van der Waals surface area contributed by atoms with Crippen molar-refractivity contribution in [2.75, 3.05) is 29.8 Å². The van der Waals surface area contributed by atoms with Gasteiger partial charge in [-0.3, -0.25) is 0 Å². The van der Waals surface area contributed by atoms with Crippen molar-refractivity contribution in [1.82, 2.24) is 0 Å². The molecule has 0 atom stereocenters. The summed E-state index contributed by atoms with van der Waals surface area (Å²) in [6.07, 6.45) is 2.91. The molecule has 0 rings (SSSR count). The molecule has 0 radical (unpaired) electrons. The van der Waals surface area contributed by atoms with Gasteiger partial charge in [-0.1, -0.05) is 6.92 Å². The molecule has 0 saturated heterocycles. The van der Waals surface area contributed by atoms with E-state index >= 15 is 0 Å². The normalized spacial score (nSPS) is 15.5. The molecule has 0 heterocycles. The first-order valence-corrected chi connectivity index (χ1v) is 10.6. The van der Waals surface area contributed by atoms with Crippen LogP contribution in [0, 0.1) is 0 Å². The maximum atomic E-state index is 11.1. The second-order valence-electron chi connectivity index (χ2n) is 3.41. The average Bonchev–Trinajstić information content (AvgIpc) is 1.99. The van der Waals surface area contributed by atoms with Crippen LogP contribution in [-0.2, 0) is 14.4 Å². The molecule has 0 aromatic rings. The highest BCUT2D eigenvalue weighted by Gasteiger charge is 2.33. The summed E-state index contributed by atoms with van der Waals surface area (Å²) in [7, 11) is -5.29. The van der Waals surface area contributed by atoms with Crippen molar-refractivity contribution in [3.05, 3.63) is 0 Å². The quantitative estimate of drug-likeness (QED) is 0.709. The van der Waals surface area contributed by atoms with E-state index in [4.69, 9.17) is 9.79 Å². The number of sulfone groups is 1. The van der Waals surface area contributed by atoms with Gasteiger partial charge in [0.1, 0.15) is 0 Å². The van der Waals surface area contributed by atoms with E-state index in [9.17, 15) is 13.0 Å². The average molecular weight is 264 g/mol. The highest BCUT2D eigenvalue weighted by molar-refractivity contribution is 8.76. The number of rotatable bonds is 5. The SMILES string of the molecule is CCS(=O)(=O)CCS(C)(C)P(=O)(O)O.